The number of aryl methyl sites for hydroxylation is 2. The monoisotopic (exact) mass is 347 g/mol. The van der Waals surface area contributed by atoms with Gasteiger partial charge in [0.15, 0.2) is 0 Å². The van der Waals surface area contributed by atoms with Gasteiger partial charge < -0.3 is 19.5 Å². The van der Waals surface area contributed by atoms with E-state index in [1.807, 2.05) is 6.92 Å². The Balaban J connectivity index is 1.41. The lowest BCUT2D eigenvalue weighted by Crippen LogP contribution is -2.72. The lowest BCUT2D eigenvalue weighted by molar-refractivity contribution is -0.137. The summed E-state index contributed by atoms with van der Waals surface area (Å²) in [6.07, 6.45) is 6.87. The van der Waals surface area contributed by atoms with Gasteiger partial charge in [-0.2, -0.15) is 0 Å². The van der Waals surface area contributed by atoms with Gasteiger partial charge in [-0.05, 0) is 44.9 Å². The highest BCUT2D eigenvalue weighted by Crippen LogP contribution is 2.56. The van der Waals surface area contributed by atoms with Gasteiger partial charge in [-0.25, -0.2) is 4.79 Å². The molecule has 1 aromatic heterocycles. The molecule has 1 aliphatic carbocycles. The van der Waals surface area contributed by atoms with Crippen LogP contribution in [-0.4, -0.2) is 41.9 Å². The van der Waals surface area contributed by atoms with Crippen molar-refractivity contribution in [1.82, 2.24) is 15.4 Å². The third kappa shape index (κ3) is 2.84. The SMILES string of the molecule is CCc1noc(C)c1CNC(=O)N1CC2(CCC2)C1C1CCOCC1. The van der Waals surface area contributed by atoms with E-state index in [0.29, 0.717) is 23.9 Å². The van der Waals surface area contributed by atoms with E-state index in [9.17, 15) is 4.79 Å². The van der Waals surface area contributed by atoms with E-state index in [-0.39, 0.29) is 6.03 Å². The molecule has 1 N–H and O–H groups in total. The molecule has 2 aliphatic heterocycles. The molecule has 0 radical (unpaired) electrons. The molecule has 3 aliphatic rings. The minimum atomic E-state index is 0.0664. The molecular weight excluding hydrogens is 318 g/mol. The highest BCUT2D eigenvalue weighted by Gasteiger charge is 2.59. The molecule has 1 aromatic rings. The number of likely N-dealkylation sites (tertiary alicyclic amines) is 1. The predicted molar refractivity (Wildman–Crippen MR) is 93.2 cm³/mol. The summed E-state index contributed by atoms with van der Waals surface area (Å²) in [5, 5.41) is 7.18. The van der Waals surface area contributed by atoms with Crippen LogP contribution in [0.1, 0.15) is 56.0 Å². The number of urea groups is 1. The number of nitrogens with zero attached hydrogens (tertiary/aromatic N) is 2. The molecule has 3 heterocycles. The Morgan fingerprint density at radius 3 is 2.76 bits per heavy atom. The highest BCUT2D eigenvalue weighted by atomic mass is 16.5. The summed E-state index contributed by atoms with van der Waals surface area (Å²) < 4.78 is 10.8. The van der Waals surface area contributed by atoms with Crippen LogP contribution in [0.15, 0.2) is 4.52 Å². The van der Waals surface area contributed by atoms with Gasteiger partial charge in [0, 0.05) is 43.3 Å². The summed E-state index contributed by atoms with van der Waals surface area (Å²) in [5.41, 5.74) is 2.37. The number of hydrogen-bond acceptors (Lipinski definition) is 4. The number of hydrogen-bond donors (Lipinski definition) is 1. The molecule has 1 spiro atoms. The predicted octanol–water partition coefficient (Wildman–Crippen LogP) is 3.04. The second-order valence-electron chi connectivity index (χ2n) is 7.91. The molecule has 2 saturated heterocycles. The van der Waals surface area contributed by atoms with Crippen LogP contribution in [0.4, 0.5) is 4.79 Å². The molecule has 1 saturated carbocycles. The number of rotatable bonds is 4. The average molecular weight is 347 g/mol. The van der Waals surface area contributed by atoms with Crippen molar-refractivity contribution < 1.29 is 14.1 Å². The number of nitrogens with one attached hydrogen (secondary N) is 1. The van der Waals surface area contributed by atoms with Crippen molar-refractivity contribution in [2.75, 3.05) is 19.8 Å². The Kier molecular flexibility index (Phi) is 4.48. The zero-order valence-corrected chi connectivity index (χ0v) is 15.3. The Labute approximate surface area is 149 Å². The van der Waals surface area contributed by atoms with Crippen molar-refractivity contribution in [2.45, 2.75) is 65.0 Å². The van der Waals surface area contributed by atoms with Crippen LogP contribution < -0.4 is 5.32 Å². The number of aromatic nitrogens is 1. The molecule has 25 heavy (non-hydrogen) atoms. The third-order valence-corrected chi connectivity index (χ3v) is 6.59. The maximum atomic E-state index is 12.8. The maximum Gasteiger partial charge on any atom is 0.317 e. The standard InChI is InChI=1S/C19H29N3O3/c1-3-16-15(13(2)25-21-16)11-20-18(23)22-12-19(7-4-8-19)17(22)14-5-9-24-10-6-14/h14,17H,3-12H2,1-2H3,(H,20,23). The largest absolute Gasteiger partial charge is 0.381 e. The quantitative estimate of drug-likeness (QED) is 0.909. The van der Waals surface area contributed by atoms with Crippen molar-refractivity contribution in [3.63, 3.8) is 0 Å². The summed E-state index contributed by atoms with van der Waals surface area (Å²) in [4.78, 5) is 14.9. The highest BCUT2D eigenvalue weighted by molar-refractivity contribution is 5.76. The second kappa shape index (κ2) is 6.63. The van der Waals surface area contributed by atoms with Gasteiger partial charge in [-0.3, -0.25) is 0 Å². The van der Waals surface area contributed by atoms with Crippen molar-refractivity contribution in [2.24, 2.45) is 11.3 Å². The summed E-state index contributed by atoms with van der Waals surface area (Å²) in [6.45, 7) is 7.06. The van der Waals surface area contributed by atoms with Crippen LogP contribution in [0.3, 0.4) is 0 Å². The zero-order chi connectivity index (χ0) is 17.4. The fourth-order valence-electron chi connectivity index (χ4n) is 5.03. The molecule has 0 aromatic carbocycles. The van der Waals surface area contributed by atoms with Crippen molar-refractivity contribution >= 4 is 6.03 Å². The number of ether oxygens (including phenoxy) is 1. The van der Waals surface area contributed by atoms with Gasteiger partial charge >= 0.3 is 6.03 Å². The Hall–Kier alpha value is -1.56. The lowest BCUT2D eigenvalue weighted by Gasteiger charge is -2.64. The summed E-state index contributed by atoms with van der Waals surface area (Å²) in [6, 6.07) is 0.469. The molecule has 4 rings (SSSR count). The van der Waals surface area contributed by atoms with E-state index in [1.54, 1.807) is 0 Å². The summed E-state index contributed by atoms with van der Waals surface area (Å²) >= 11 is 0. The Morgan fingerprint density at radius 1 is 1.36 bits per heavy atom. The molecule has 0 bridgehead atoms. The first kappa shape index (κ1) is 16.9. The fraction of sp³-hybridized carbons (Fsp3) is 0.789. The third-order valence-electron chi connectivity index (χ3n) is 6.59. The van der Waals surface area contributed by atoms with E-state index in [0.717, 1.165) is 56.0 Å². The van der Waals surface area contributed by atoms with Crippen LogP contribution in [0, 0.1) is 18.3 Å². The fourth-order valence-corrected chi connectivity index (χ4v) is 5.03. The van der Waals surface area contributed by atoms with Gasteiger partial charge in [0.1, 0.15) is 5.76 Å². The van der Waals surface area contributed by atoms with Crippen LogP contribution in [0.2, 0.25) is 0 Å². The normalized spacial score (nSPS) is 25.5. The first-order valence-corrected chi connectivity index (χ1v) is 9.71. The van der Waals surface area contributed by atoms with E-state index in [4.69, 9.17) is 9.26 Å². The first-order valence-electron chi connectivity index (χ1n) is 9.71. The summed E-state index contributed by atoms with van der Waals surface area (Å²) in [7, 11) is 0. The van der Waals surface area contributed by atoms with Crippen LogP contribution in [-0.2, 0) is 17.7 Å². The van der Waals surface area contributed by atoms with E-state index >= 15 is 0 Å². The summed E-state index contributed by atoms with van der Waals surface area (Å²) in [5.74, 6) is 1.40. The number of carbonyl (C=O) groups excluding carboxylic acids is 1. The molecular formula is C19H29N3O3. The van der Waals surface area contributed by atoms with Crippen molar-refractivity contribution in [3.05, 3.63) is 17.0 Å². The molecule has 2 amide bonds. The van der Waals surface area contributed by atoms with Crippen LogP contribution >= 0.6 is 0 Å². The van der Waals surface area contributed by atoms with Crippen LogP contribution in [0.25, 0.3) is 0 Å². The van der Waals surface area contributed by atoms with Gasteiger partial charge in [-0.1, -0.05) is 18.5 Å². The first-order chi connectivity index (χ1) is 12.1. The molecule has 138 valence electrons. The minimum Gasteiger partial charge on any atom is -0.381 e. The van der Waals surface area contributed by atoms with Crippen LogP contribution in [0.5, 0.6) is 0 Å². The maximum absolute atomic E-state index is 12.8. The molecule has 6 heteroatoms. The van der Waals surface area contributed by atoms with E-state index in [2.05, 4.69) is 22.3 Å². The zero-order valence-electron chi connectivity index (χ0n) is 15.3. The second-order valence-corrected chi connectivity index (χ2v) is 7.91. The lowest BCUT2D eigenvalue weighted by atomic mass is 9.54. The number of carbonyl (C=O) groups is 1. The van der Waals surface area contributed by atoms with Gasteiger partial charge in [0.05, 0.1) is 5.69 Å². The van der Waals surface area contributed by atoms with E-state index < -0.39 is 0 Å². The minimum absolute atomic E-state index is 0.0664. The van der Waals surface area contributed by atoms with Gasteiger partial charge in [-0.15, -0.1) is 0 Å². The van der Waals surface area contributed by atoms with Gasteiger partial charge in [0.25, 0.3) is 0 Å². The molecule has 6 nitrogen and oxygen atoms in total. The Bertz CT molecular complexity index is 632. The number of amides is 2. The average Bonchev–Trinajstić information content (AvgIpc) is 2.91. The van der Waals surface area contributed by atoms with Gasteiger partial charge in [0.2, 0.25) is 0 Å². The van der Waals surface area contributed by atoms with Crippen molar-refractivity contribution in [3.8, 4) is 0 Å². The molecule has 1 atom stereocenters. The smallest absolute Gasteiger partial charge is 0.317 e. The molecule has 1 unspecified atom stereocenters. The van der Waals surface area contributed by atoms with E-state index in [1.165, 1.54) is 19.3 Å². The topological polar surface area (TPSA) is 67.6 Å². The van der Waals surface area contributed by atoms with Crippen molar-refractivity contribution in [1.29, 1.82) is 0 Å². The molecule has 3 fully saturated rings. The Morgan fingerprint density at radius 2 is 2.12 bits per heavy atom.